The monoisotopic (exact) mass is 863 g/mol. The van der Waals surface area contributed by atoms with E-state index in [-0.39, 0.29) is 20.4 Å². The second kappa shape index (κ2) is 13.6. The Hall–Kier alpha value is -6.91. The average Bonchev–Trinajstić information content (AvgIpc) is 3.84. The summed E-state index contributed by atoms with van der Waals surface area (Å²) in [5.74, 6) is 1.16. The van der Waals surface area contributed by atoms with E-state index >= 15 is 0 Å². The van der Waals surface area contributed by atoms with Crippen LogP contribution >= 0.6 is 0 Å². The van der Waals surface area contributed by atoms with E-state index in [0.29, 0.717) is 11.5 Å². The van der Waals surface area contributed by atoms with E-state index in [4.69, 9.17) is 14.7 Å². The predicted molar refractivity (Wildman–Crippen MR) is 241 cm³/mol. The van der Waals surface area contributed by atoms with Gasteiger partial charge in [0.15, 0.2) is 0 Å². The normalized spacial score (nSPS) is 11.9. The summed E-state index contributed by atoms with van der Waals surface area (Å²) in [5, 5.41) is 6.07. The second-order valence-corrected chi connectivity index (χ2v) is 15.7. The van der Waals surface area contributed by atoms with Crippen molar-refractivity contribution in [2.45, 2.75) is 27.7 Å². The summed E-state index contributed by atoms with van der Waals surface area (Å²) in [6.07, 6.45) is 3.74. The van der Waals surface area contributed by atoms with Crippen molar-refractivity contribution in [2.75, 3.05) is 0 Å². The summed E-state index contributed by atoms with van der Waals surface area (Å²) < 4.78 is 11.2. The zero-order chi connectivity index (χ0) is 39.5. The average molecular weight is 864 g/mol. The fraction of sp³-hybridized carbons (Fsp3) is 0.0755. The molecule has 0 spiro atoms. The number of hydrogen-bond acceptors (Lipinski definition) is 4. The maximum atomic E-state index is 6.69. The van der Waals surface area contributed by atoms with E-state index in [2.05, 4.69) is 145 Å². The number of aromatic nitrogens is 5. The minimum absolute atomic E-state index is 0. The first-order valence-electron chi connectivity index (χ1n) is 19.9. The number of ether oxygens (including phenoxy) is 1. The van der Waals surface area contributed by atoms with Gasteiger partial charge in [-0.1, -0.05) is 113 Å². The molecule has 0 saturated heterocycles. The SMILES string of the molecule is Cc1cccc(C)c1-c1cc2c3ccc(Oc4[c-]c5c(cc4)c4ccncc4n4c6ccccc6nc54)[c-]c3c3nc4ccccc4n3c2cc1-c1c(C)cccc1C.[Pd+2]. The zero-order valence-electron chi connectivity index (χ0n) is 33.2. The third-order valence-electron chi connectivity index (χ3n) is 12.1. The number of aryl methyl sites for hydroxylation is 4. The Morgan fingerprint density at radius 1 is 0.467 bits per heavy atom. The Morgan fingerprint density at radius 2 is 0.967 bits per heavy atom. The molecule has 5 heterocycles. The van der Waals surface area contributed by atoms with Gasteiger partial charge in [-0.15, -0.1) is 12.1 Å². The maximum absolute atomic E-state index is 6.69. The molecule has 0 amide bonds. The molecule has 7 aromatic carbocycles. The first-order valence-corrected chi connectivity index (χ1v) is 19.9. The fourth-order valence-corrected chi connectivity index (χ4v) is 9.54. The van der Waals surface area contributed by atoms with Crippen molar-refractivity contribution in [2.24, 2.45) is 0 Å². The van der Waals surface area contributed by atoms with Crippen LogP contribution in [0.3, 0.4) is 0 Å². The molecule has 0 bridgehead atoms. The first-order chi connectivity index (χ1) is 28.9. The Bertz CT molecular complexity index is 3730. The van der Waals surface area contributed by atoms with Crippen LogP contribution in [0.5, 0.6) is 11.5 Å². The van der Waals surface area contributed by atoms with Crippen LogP contribution in [0.15, 0.2) is 140 Å². The number of nitrogens with zero attached hydrogens (tertiary/aromatic N) is 5. The van der Waals surface area contributed by atoms with Crippen molar-refractivity contribution in [1.29, 1.82) is 0 Å². The van der Waals surface area contributed by atoms with E-state index in [0.717, 1.165) is 76.7 Å². The van der Waals surface area contributed by atoms with Crippen LogP contribution in [0.4, 0.5) is 0 Å². The molecule has 12 rings (SSSR count). The minimum Gasteiger partial charge on any atom is -0.497 e. The molecule has 0 N–H and O–H groups in total. The number of imidazole rings is 2. The molecule has 12 aromatic rings. The molecule has 0 unspecified atom stereocenters. The molecule has 0 atom stereocenters. The van der Waals surface area contributed by atoms with Crippen molar-refractivity contribution in [3.8, 4) is 33.8 Å². The summed E-state index contributed by atoms with van der Waals surface area (Å²) in [7, 11) is 0. The second-order valence-electron chi connectivity index (χ2n) is 15.7. The summed E-state index contributed by atoms with van der Waals surface area (Å²) in [6.45, 7) is 8.86. The van der Waals surface area contributed by atoms with Gasteiger partial charge in [0, 0.05) is 29.4 Å². The van der Waals surface area contributed by atoms with Gasteiger partial charge < -0.3 is 13.5 Å². The van der Waals surface area contributed by atoms with E-state index in [1.54, 1.807) is 0 Å². The summed E-state index contributed by atoms with van der Waals surface area (Å²) in [6, 6.07) is 52.1. The Balaban J connectivity index is 0.00000408. The number of hydrogen-bond donors (Lipinski definition) is 0. The Morgan fingerprint density at radius 3 is 1.53 bits per heavy atom. The maximum Gasteiger partial charge on any atom is 2.00 e. The predicted octanol–water partition coefficient (Wildman–Crippen LogP) is 13.3. The van der Waals surface area contributed by atoms with Gasteiger partial charge in [0.1, 0.15) is 0 Å². The number of rotatable bonds is 4. The van der Waals surface area contributed by atoms with E-state index < -0.39 is 0 Å². The van der Waals surface area contributed by atoms with Crippen molar-refractivity contribution in [1.82, 2.24) is 23.8 Å². The van der Waals surface area contributed by atoms with Gasteiger partial charge in [-0.05, 0) is 119 Å². The van der Waals surface area contributed by atoms with Gasteiger partial charge in [-0.3, -0.25) is 15.0 Å². The molecule has 7 heteroatoms. The van der Waals surface area contributed by atoms with Crippen molar-refractivity contribution in [3.63, 3.8) is 0 Å². The Labute approximate surface area is 359 Å². The van der Waals surface area contributed by atoms with Gasteiger partial charge in [0.2, 0.25) is 0 Å². The fourth-order valence-electron chi connectivity index (χ4n) is 9.54. The number of para-hydroxylation sites is 4. The minimum atomic E-state index is 0. The standard InChI is InChI=1S/C53H35N5O.Pd/c1-30-11-9-12-31(2)50(30)40-27-39-37-22-20-35(59-34-19-21-36-38-23-24-54-29-49(38)58-47-18-8-6-16-45(47)56-53(58)42(36)25-34)26-43(37)52-55-44-15-5-7-17-46(44)57(52)48(39)28-41(40)51-32(3)13-10-14-33(51)4;/h5-24,27-29H,1-4H3;/q-2;+2. The molecule has 0 fully saturated rings. The third-order valence-corrected chi connectivity index (χ3v) is 12.1. The van der Waals surface area contributed by atoms with Crippen molar-refractivity contribution >= 4 is 76.7 Å². The molecule has 0 saturated carbocycles. The third kappa shape index (κ3) is 5.26. The quantitative estimate of drug-likeness (QED) is 0.100. The van der Waals surface area contributed by atoms with Gasteiger partial charge in [0.25, 0.3) is 0 Å². The molecule has 5 aromatic heterocycles. The van der Waals surface area contributed by atoms with Crippen LogP contribution < -0.4 is 4.74 Å². The van der Waals surface area contributed by atoms with E-state index in [1.165, 1.54) is 44.5 Å². The van der Waals surface area contributed by atoms with Gasteiger partial charge in [-0.2, -0.15) is 0 Å². The van der Waals surface area contributed by atoms with E-state index in [9.17, 15) is 0 Å². The van der Waals surface area contributed by atoms with Crippen LogP contribution in [0.2, 0.25) is 0 Å². The van der Waals surface area contributed by atoms with Crippen LogP contribution in [0, 0.1) is 39.8 Å². The zero-order valence-corrected chi connectivity index (χ0v) is 34.8. The molecule has 0 aliphatic rings. The molecule has 0 aliphatic heterocycles. The summed E-state index contributed by atoms with van der Waals surface area (Å²) >= 11 is 0. The number of benzene rings is 7. The topological polar surface area (TPSA) is 56.7 Å². The number of fused-ring (bicyclic) bond motifs is 16. The number of pyridine rings is 3. The summed E-state index contributed by atoms with van der Waals surface area (Å²) in [5.41, 5.74) is 17.6. The first kappa shape index (κ1) is 36.2. The largest absolute Gasteiger partial charge is 2.00 e. The molecule has 0 radical (unpaired) electrons. The molecule has 60 heavy (non-hydrogen) atoms. The summed E-state index contributed by atoms with van der Waals surface area (Å²) in [4.78, 5) is 14.8. The Kier molecular flexibility index (Phi) is 8.19. The van der Waals surface area contributed by atoms with Gasteiger partial charge >= 0.3 is 20.4 Å². The van der Waals surface area contributed by atoms with Crippen molar-refractivity contribution < 1.29 is 25.2 Å². The van der Waals surface area contributed by atoms with Crippen LogP contribution in [0.25, 0.3) is 99.0 Å². The molecule has 0 aliphatic carbocycles. The molecule has 6 nitrogen and oxygen atoms in total. The molecular formula is C53H35N5OPd. The van der Waals surface area contributed by atoms with Crippen LogP contribution in [-0.2, 0) is 20.4 Å². The van der Waals surface area contributed by atoms with Gasteiger partial charge in [-0.25, -0.2) is 0 Å². The smallest absolute Gasteiger partial charge is 0.497 e. The van der Waals surface area contributed by atoms with Crippen LogP contribution in [0.1, 0.15) is 22.3 Å². The molecule has 288 valence electrons. The van der Waals surface area contributed by atoms with Gasteiger partial charge in [0.05, 0.1) is 38.9 Å². The van der Waals surface area contributed by atoms with Crippen LogP contribution in [-0.4, -0.2) is 23.8 Å². The van der Waals surface area contributed by atoms with E-state index in [1.807, 2.05) is 48.8 Å². The molecular weight excluding hydrogens is 829 g/mol. The van der Waals surface area contributed by atoms with Crippen molar-refractivity contribution in [3.05, 3.63) is 174 Å².